The number of aliphatic imine (C=N–C) groups is 1. The van der Waals surface area contributed by atoms with Crippen LogP contribution in [0, 0.1) is 13.8 Å². The van der Waals surface area contributed by atoms with Crippen molar-refractivity contribution < 1.29 is 4.79 Å². The Labute approximate surface area is 179 Å². The largest absolute Gasteiger partial charge is 0.354 e. The van der Waals surface area contributed by atoms with Crippen molar-refractivity contribution in [3.8, 4) is 0 Å². The number of aryl methyl sites for hydroxylation is 2. The molecule has 0 atom stereocenters. The number of nitrogens with one attached hydrogen (secondary N) is 2. The van der Waals surface area contributed by atoms with Crippen molar-refractivity contribution in [1.29, 1.82) is 0 Å². The van der Waals surface area contributed by atoms with E-state index in [0.29, 0.717) is 18.7 Å². The predicted molar refractivity (Wildman–Crippen MR) is 123 cm³/mol. The second-order valence-electron chi connectivity index (χ2n) is 6.38. The average Bonchev–Trinajstić information content (AvgIpc) is 2.63. The van der Waals surface area contributed by atoms with E-state index in [1.165, 1.54) is 11.1 Å². The van der Waals surface area contributed by atoms with E-state index in [0.717, 1.165) is 18.1 Å². The molecule has 0 unspecified atom stereocenters. The highest BCUT2D eigenvalue weighted by molar-refractivity contribution is 14.0. The molecule has 2 aromatic carbocycles. The zero-order valence-electron chi connectivity index (χ0n) is 16.5. The van der Waals surface area contributed by atoms with E-state index in [1.54, 1.807) is 7.05 Å². The van der Waals surface area contributed by atoms with Crippen LogP contribution in [0.15, 0.2) is 53.5 Å². The molecule has 0 aliphatic carbocycles. The van der Waals surface area contributed by atoms with Crippen molar-refractivity contribution in [3.05, 3.63) is 70.8 Å². The van der Waals surface area contributed by atoms with Crippen LogP contribution in [0.25, 0.3) is 0 Å². The molecular formula is C21H29IN4O. The van der Waals surface area contributed by atoms with Gasteiger partial charge in [-0.05, 0) is 37.1 Å². The van der Waals surface area contributed by atoms with E-state index in [4.69, 9.17) is 0 Å². The number of halogens is 1. The van der Waals surface area contributed by atoms with Gasteiger partial charge in [-0.1, -0.05) is 42.0 Å². The van der Waals surface area contributed by atoms with Gasteiger partial charge in [0.2, 0.25) is 0 Å². The summed E-state index contributed by atoms with van der Waals surface area (Å²) in [5, 5.41) is 6.22. The van der Waals surface area contributed by atoms with Gasteiger partial charge in [0.15, 0.2) is 5.96 Å². The molecule has 0 spiro atoms. The van der Waals surface area contributed by atoms with Gasteiger partial charge >= 0.3 is 0 Å². The van der Waals surface area contributed by atoms with Crippen LogP contribution >= 0.6 is 24.0 Å². The standard InChI is InChI=1S/C21H28N4O.HI/c1-16-8-7-11-18(14-16)20(26)23-12-13-24-21(22-3)25(4)15-19-10-6-5-9-17(19)2;/h5-11,14H,12-13,15H2,1-4H3,(H,22,24)(H,23,26);1H. The van der Waals surface area contributed by atoms with Crippen molar-refractivity contribution in [2.24, 2.45) is 4.99 Å². The van der Waals surface area contributed by atoms with Gasteiger partial charge < -0.3 is 15.5 Å². The molecule has 146 valence electrons. The van der Waals surface area contributed by atoms with Gasteiger partial charge in [-0.15, -0.1) is 24.0 Å². The van der Waals surface area contributed by atoms with Gasteiger partial charge in [0.05, 0.1) is 0 Å². The number of carbonyl (C=O) groups is 1. The van der Waals surface area contributed by atoms with Crippen LogP contribution in [0.1, 0.15) is 27.0 Å². The SMILES string of the molecule is CN=C(NCCNC(=O)c1cccc(C)c1)N(C)Cc1ccccc1C.I. The monoisotopic (exact) mass is 480 g/mol. The molecule has 0 aromatic heterocycles. The van der Waals surface area contributed by atoms with E-state index < -0.39 is 0 Å². The van der Waals surface area contributed by atoms with Crippen molar-refractivity contribution in [2.75, 3.05) is 27.2 Å². The smallest absolute Gasteiger partial charge is 0.251 e. The highest BCUT2D eigenvalue weighted by Gasteiger charge is 2.08. The maximum Gasteiger partial charge on any atom is 0.251 e. The van der Waals surface area contributed by atoms with Gasteiger partial charge in [0.1, 0.15) is 0 Å². The number of nitrogens with zero attached hydrogens (tertiary/aromatic N) is 2. The van der Waals surface area contributed by atoms with Crippen LogP contribution in [-0.4, -0.2) is 44.0 Å². The molecule has 0 aliphatic rings. The number of hydrogen-bond donors (Lipinski definition) is 2. The minimum absolute atomic E-state index is 0. The van der Waals surface area contributed by atoms with E-state index in [9.17, 15) is 4.79 Å². The molecule has 2 aromatic rings. The minimum atomic E-state index is -0.0567. The first-order valence-electron chi connectivity index (χ1n) is 8.82. The molecule has 0 fully saturated rings. The number of carbonyl (C=O) groups excluding carboxylic acids is 1. The Hall–Kier alpha value is -2.09. The molecule has 27 heavy (non-hydrogen) atoms. The molecule has 2 rings (SSSR count). The Morgan fingerprint density at radius 3 is 2.41 bits per heavy atom. The van der Waals surface area contributed by atoms with Gasteiger partial charge in [0, 0.05) is 39.3 Å². The molecular weight excluding hydrogens is 451 g/mol. The predicted octanol–water partition coefficient (Wildman–Crippen LogP) is 3.36. The Morgan fingerprint density at radius 2 is 1.74 bits per heavy atom. The fourth-order valence-electron chi connectivity index (χ4n) is 2.74. The molecule has 1 amide bonds. The molecule has 0 saturated carbocycles. The zero-order valence-corrected chi connectivity index (χ0v) is 18.8. The molecule has 0 heterocycles. The third-order valence-corrected chi connectivity index (χ3v) is 4.22. The summed E-state index contributed by atoms with van der Waals surface area (Å²) in [4.78, 5) is 18.5. The summed E-state index contributed by atoms with van der Waals surface area (Å²) in [5.74, 6) is 0.747. The van der Waals surface area contributed by atoms with E-state index >= 15 is 0 Å². The molecule has 0 radical (unpaired) electrons. The van der Waals surface area contributed by atoms with Crippen LogP contribution in [0.5, 0.6) is 0 Å². The summed E-state index contributed by atoms with van der Waals surface area (Å²) < 4.78 is 0. The Bertz CT molecular complexity index is 776. The van der Waals surface area contributed by atoms with Crippen LogP contribution < -0.4 is 10.6 Å². The summed E-state index contributed by atoms with van der Waals surface area (Å²) in [6.07, 6.45) is 0. The second kappa shape index (κ2) is 11.6. The minimum Gasteiger partial charge on any atom is -0.354 e. The lowest BCUT2D eigenvalue weighted by Gasteiger charge is -2.23. The lowest BCUT2D eigenvalue weighted by atomic mass is 10.1. The molecule has 2 N–H and O–H groups in total. The van der Waals surface area contributed by atoms with Crippen LogP contribution in [0.3, 0.4) is 0 Å². The van der Waals surface area contributed by atoms with Crippen molar-refractivity contribution >= 4 is 35.8 Å². The van der Waals surface area contributed by atoms with Crippen molar-refractivity contribution in [2.45, 2.75) is 20.4 Å². The van der Waals surface area contributed by atoms with Crippen LogP contribution in [-0.2, 0) is 6.54 Å². The van der Waals surface area contributed by atoms with Crippen molar-refractivity contribution in [3.63, 3.8) is 0 Å². The normalized spacial score (nSPS) is 10.7. The molecule has 0 aliphatic heterocycles. The second-order valence-corrected chi connectivity index (χ2v) is 6.38. The third kappa shape index (κ3) is 7.21. The Balaban J connectivity index is 0.00000364. The topological polar surface area (TPSA) is 56.7 Å². The number of benzene rings is 2. The highest BCUT2D eigenvalue weighted by Crippen LogP contribution is 2.09. The summed E-state index contributed by atoms with van der Waals surface area (Å²) in [6.45, 7) is 6.02. The highest BCUT2D eigenvalue weighted by atomic mass is 127. The summed E-state index contributed by atoms with van der Waals surface area (Å²) in [6, 6.07) is 15.9. The summed E-state index contributed by atoms with van der Waals surface area (Å²) in [7, 11) is 3.77. The number of rotatable bonds is 6. The fourth-order valence-corrected chi connectivity index (χ4v) is 2.74. The molecule has 0 saturated heterocycles. The lowest BCUT2D eigenvalue weighted by Crippen LogP contribution is -2.42. The Kier molecular flexibility index (Phi) is 9.85. The maximum atomic E-state index is 12.1. The van der Waals surface area contributed by atoms with Crippen LogP contribution in [0.4, 0.5) is 0 Å². The Morgan fingerprint density at radius 1 is 1.04 bits per heavy atom. The lowest BCUT2D eigenvalue weighted by molar-refractivity contribution is 0.0954. The van der Waals surface area contributed by atoms with Gasteiger partial charge in [-0.2, -0.15) is 0 Å². The quantitative estimate of drug-likeness (QED) is 0.289. The van der Waals surface area contributed by atoms with E-state index in [-0.39, 0.29) is 29.9 Å². The first kappa shape index (κ1) is 23.0. The average molecular weight is 480 g/mol. The molecule has 6 heteroatoms. The van der Waals surface area contributed by atoms with Gasteiger partial charge in [0.25, 0.3) is 5.91 Å². The molecule has 0 bridgehead atoms. The number of hydrogen-bond acceptors (Lipinski definition) is 2. The first-order chi connectivity index (χ1) is 12.5. The van der Waals surface area contributed by atoms with Crippen LogP contribution in [0.2, 0.25) is 0 Å². The van der Waals surface area contributed by atoms with E-state index in [2.05, 4.69) is 39.6 Å². The molecule has 5 nitrogen and oxygen atoms in total. The summed E-state index contributed by atoms with van der Waals surface area (Å²) >= 11 is 0. The van der Waals surface area contributed by atoms with Crippen molar-refractivity contribution in [1.82, 2.24) is 15.5 Å². The third-order valence-electron chi connectivity index (χ3n) is 4.22. The fraction of sp³-hybridized carbons (Fsp3) is 0.333. The number of guanidine groups is 1. The maximum absolute atomic E-state index is 12.1. The van der Waals surface area contributed by atoms with Gasteiger partial charge in [-0.3, -0.25) is 9.79 Å². The zero-order chi connectivity index (χ0) is 18.9. The summed E-state index contributed by atoms with van der Waals surface area (Å²) in [5.41, 5.74) is 4.30. The van der Waals surface area contributed by atoms with E-state index in [1.807, 2.05) is 50.4 Å². The number of amides is 1. The van der Waals surface area contributed by atoms with Gasteiger partial charge in [-0.25, -0.2) is 0 Å². The first-order valence-corrected chi connectivity index (χ1v) is 8.82.